The minimum Gasteiger partial charge on any atom is -0.0654 e. The summed E-state index contributed by atoms with van der Waals surface area (Å²) in [5, 5.41) is 8.13. The molecule has 0 radical (unpaired) electrons. The van der Waals surface area contributed by atoms with Gasteiger partial charge in [0.25, 0.3) is 0 Å². The van der Waals surface area contributed by atoms with E-state index in [0.29, 0.717) is 0 Å². The van der Waals surface area contributed by atoms with Crippen LogP contribution in [0.4, 0.5) is 0 Å². The van der Waals surface area contributed by atoms with Crippen LogP contribution in [0.1, 0.15) is 37.3 Å². The average molecular weight is 322 g/mol. The zero-order chi connectivity index (χ0) is 16.8. The Kier molecular flexibility index (Phi) is 3.38. The molecule has 0 nitrogen and oxygen atoms in total. The van der Waals surface area contributed by atoms with Gasteiger partial charge in [0.15, 0.2) is 0 Å². The van der Waals surface area contributed by atoms with E-state index in [1.807, 2.05) is 0 Å². The molecular weight excluding hydrogens is 300 g/mol. The van der Waals surface area contributed by atoms with Crippen molar-refractivity contribution in [1.29, 1.82) is 0 Å². The Morgan fingerprint density at radius 3 is 2.40 bits per heavy atom. The molecule has 1 aliphatic rings. The Bertz CT molecular complexity index is 1140. The molecule has 0 amide bonds. The molecule has 0 bridgehead atoms. The second kappa shape index (κ2) is 5.74. The summed E-state index contributed by atoms with van der Waals surface area (Å²) in [5.41, 5.74) is 4.56. The Balaban J connectivity index is 1.75. The third kappa shape index (κ3) is 2.36. The van der Waals surface area contributed by atoms with E-state index in [1.165, 1.54) is 62.7 Å². The van der Waals surface area contributed by atoms with Crippen LogP contribution >= 0.6 is 0 Å². The summed E-state index contributed by atoms with van der Waals surface area (Å²) in [6.45, 7) is 2.27. The highest BCUT2D eigenvalue weighted by molar-refractivity contribution is 6.14. The molecule has 0 saturated carbocycles. The normalized spacial score (nSPS) is 13.6. The van der Waals surface area contributed by atoms with Crippen LogP contribution < -0.4 is 0 Å². The molecule has 0 aromatic heterocycles. The van der Waals surface area contributed by atoms with Crippen LogP contribution in [0.5, 0.6) is 0 Å². The number of rotatable bonds is 3. The number of unbranched alkanes of at least 4 members (excludes halogenated alkanes) is 1. The second-order valence-electron chi connectivity index (χ2n) is 7.30. The van der Waals surface area contributed by atoms with Gasteiger partial charge in [0, 0.05) is 0 Å². The molecule has 0 heteroatoms. The van der Waals surface area contributed by atoms with Gasteiger partial charge in [-0.15, -0.1) is 0 Å². The molecule has 25 heavy (non-hydrogen) atoms. The predicted molar refractivity (Wildman–Crippen MR) is 110 cm³/mol. The summed E-state index contributed by atoms with van der Waals surface area (Å²) >= 11 is 0. The van der Waals surface area contributed by atoms with Gasteiger partial charge in [0.2, 0.25) is 0 Å². The number of allylic oxidation sites excluding steroid dienone is 1. The molecule has 0 atom stereocenters. The SMILES string of the molecule is CCCCC1=Cc2c(ccc3c2ccc2cc4ccccc4cc23)C1. The maximum absolute atomic E-state index is 2.46. The first-order chi connectivity index (χ1) is 12.3. The largest absolute Gasteiger partial charge is 0.0654 e. The van der Waals surface area contributed by atoms with E-state index in [1.54, 1.807) is 5.57 Å². The van der Waals surface area contributed by atoms with Crippen molar-refractivity contribution in [3.63, 3.8) is 0 Å². The Hall–Kier alpha value is -2.60. The zero-order valence-electron chi connectivity index (χ0n) is 14.7. The third-order valence-corrected chi connectivity index (χ3v) is 5.63. The molecule has 0 heterocycles. The first kappa shape index (κ1) is 14.7. The summed E-state index contributed by atoms with van der Waals surface area (Å²) in [6.07, 6.45) is 7.41. The van der Waals surface area contributed by atoms with E-state index in [-0.39, 0.29) is 0 Å². The first-order valence-electron chi connectivity index (χ1n) is 9.40. The number of fused-ring (bicyclic) bond motifs is 6. The summed E-state index contributed by atoms with van der Waals surface area (Å²) in [6, 6.07) is 22.6. The first-order valence-corrected chi connectivity index (χ1v) is 9.40. The van der Waals surface area contributed by atoms with Crippen molar-refractivity contribution in [2.75, 3.05) is 0 Å². The van der Waals surface area contributed by atoms with Crippen molar-refractivity contribution in [2.45, 2.75) is 32.6 Å². The van der Waals surface area contributed by atoms with Crippen LogP contribution in [0.25, 0.3) is 38.4 Å². The van der Waals surface area contributed by atoms with Gasteiger partial charge in [0.05, 0.1) is 0 Å². The molecule has 4 aromatic carbocycles. The van der Waals surface area contributed by atoms with Crippen molar-refractivity contribution < 1.29 is 0 Å². The number of benzene rings is 4. The van der Waals surface area contributed by atoms with E-state index >= 15 is 0 Å². The lowest BCUT2D eigenvalue weighted by Crippen LogP contribution is -1.87. The van der Waals surface area contributed by atoms with Crippen LogP contribution in [0, 0.1) is 0 Å². The van der Waals surface area contributed by atoms with Gasteiger partial charge in [-0.25, -0.2) is 0 Å². The maximum Gasteiger partial charge on any atom is -0.00576 e. The van der Waals surface area contributed by atoms with Gasteiger partial charge in [-0.05, 0) is 74.8 Å². The van der Waals surface area contributed by atoms with Gasteiger partial charge in [0.1, 0.15) is 0 Å². The minimum absolute atomic E-state index is 1.14. The van der Waals surface area contributed by atoms with Crippen molar-refractivity contribution in [3.05, 3.63) is 77.4 Å². The molecule has 0 saturated heterocycles. The fourth-order valence-corrected chi connectivity index (χ4v) is 4.29. The van der Waals surface area contributed by atoms with Crippen LogP contribution in [0.15, 0.2) is 66.2 Å². The molecule has 5 rings (SSSR count). The lowest BCUT2D eigenvalue weighted by Gasteiger charge is -2.09. The second-order valence-corrected chi connectivity index (χ2v) is 7.30. The Morgan fingerprint density at radius 2 is 1.56 bits per heavy atom. The van der Waals surface area contributed by atoms with Crippen LogP contribution in [-0.2, 0) is 6.42 Å². The topological polar surface area (TPSA) is 0 Å². The highest BCUT2D eigenvalue weighted by atomic mass is 14.2. The third-order valence-electron chi connectivity index (χ3n) is 5.63. The summed E-state index contributed by atoms with van der Waals surface area (Å²) < 4.78 is 0. The quantitative estimate of drug-likeness (QED) is 0.275. The lowest BCUT2D eigenvalue weighted by atomic mass is 9.94. The molecule has 0 spiro atoms. The number of hydrogen-bond donors (Lipinski definition) is 0. The highest BCUT2D eigenvalue weighted by Gasteiger charge is 2.16. The van der Waals surface area contributed by atoms with Crippen LogP contribution in [0.3, 0.4) is 0 Å². The average Bonchev–Trinajstić information content (AvgIpc) is 3.07. The van der Waals surface area contributed by atoms with E-state index in [9.17, 15) is 0 Å². The summed E-state index contributed by atoms with van der Waals surface area (Å²) in [7, 11) is 0. The van der Waals surface area contributed by atoms with Crippen molar-refractivity contribution >= 4 is 38.4 Å². The molecule has 0 aliphatic heterocycles. The monoisotopic (exact) mass is 322 g/mol. The fourth-order valence-electron chi connectivity index (χ4n) is 4.29. The number of hydrogen-bond acceptors (Lipinski definition) is 0. The van der Waals surface area contributed by atoms with Crippen LogP contribution in [0.2, 0.25) is 0 Å². The molecule has 1 aliphatic carbocycles. The van der Waals surface area contributed by atoms with E-state index < -0.39 is 0 Å². The molecule has 0 N–H and O–H groups in total. The summed E-state index contributed by atoms with van der Waals surface area (Å²) in [4.78, 5) is 0. The summed E-state index contributed by atoms with van der Waals surface area (Å²) in [5.74, 6) is 0. The Labute approximate surface area is 148 Å². The van der Waals surface area contributed by atoms with Crippen molar-refractivity contribution in [3.8, 4) is 0 Å². The fraction of sp³-hybridized carbons (Fsp3) is 0.200. The maximum atomic E-state index is 2.46. The van der Waals surface area contributed by atoms with Gasteiger partial charge in [-0.3, -0.25) is 0 Å². The van der Waals surface area contributed by atoms with Gasteiger partial charge >= 0.3 is 0 Å². The van der Waals surface area contributed by atoms with Gasteiger partial charge < -0.3 is 0 Å². The van der Waals surface area contributed by atoms with Gasteiger partial charge in [-0.2, -0.15) is 0 Å². The minimum atomic E-state index is 1.14. The van der Waals surface area contributed by atoms with Gasteiger partial charge in [-0.1, -0.05) is 73.5 Å². The molecule has 0 fully saturated rings. The predicted octanol–water partition coefficient (Wildman–Crippen LogP) is 7.28. The molecule has 0 unspecified atom stereocenters. The van der Waals surface area contributed by atoms with Crippen molar-refractivity contribution in [1.82, 2.24) is 0 Å². The zero-order valence-corrected chi connectivity index (χ0v) is 14.7. The van der Waals surface area contributed by atoms with E-state index in [2.05, 4.69) is 73.7 Å². The van der Waals surface area contributed by atoms with Crippen LogP contribution in [-0.4, -0.2) is 0 Å². The highest BCUT2D eigenvalue weighted by Crippen LogP contribution is 2.37. The standard InChI is InChI=1S/C25H22/c1-2-3-6-17-13-20-9-11-23-22(24(20)14-17)12-10-21-15-18-7-4-5-8-19(18)16-25(21)23/h4-5,7-12,14-16H,2-3,6,13H2,1H3. The van der Waals surface area contributed by atoms with E-state index in [4.69, 9.17) is 0 Å². The smallest absolute Gasteiger partial charge is 0.00576 e. The van der Waals surface area contributed by atoms with Crippen molar-refractivity contribution in [2.24, 2.45) is 0 Å². The molecule has 4 aromatic rings. The molecular formula is C25H22. The Morgan fingerprint density at radius 1 is 0.760 bits per heavy atom. The lowest BCUT2D eigenvalue weighted by molar-refractivity contribution is 0.779. The van der Waals surface area contributed by atoms with E-state index in [0.717, 1.165) is 6.42 Å². The molecule has 122 valence electrons.